The summed E-state index contributed by atoms with van der Waals surface area (Å²) >= 11 is 0. The fourth-order valence-electron chi connectivity index (χ4n) is 2.36. The van der Waals surface area contributed by atoms with Gasteiger partial charge in [-0.2, -0.15) is 0 Å². The van der Waals surface area contributed by atoms with Crippen molar-refractivity contribution in [3.05, 3.63) is 95.6 Å². The van der Waals surface area contributed by atoms with E-state index in [9.17, 15) is 4.79 Å². The van der Waals surface area contributed by atoms with Crippen LogP contribution in [-0.2, 0) is 13.2 Å². The van der Waals surface area contributed by atoms with E-state index in [4.69, 9.17) is 15.2 Å². The monoisotopic (exact) mass is 333 g/mol. The van der Waals surface area contributed by atoms with Gasteiger partial charge in [0, 0.05) is 5.56 Å². The predicted molar refractivity (Wildman–Crippen MR) is 96.5 cm³/mol. The third-order valence-electron chi connectivity index (χ3n) is 3.70. The van der Waals surface area contributed by atoms with Crippen molar-refractivity contribution in [3.63, 3.8) is 0 Å². The number of primary amides is 1. The molecular formula is C21H19NO3. The topological polar surface area (TPSA) is 61.6 Å². The van der Waals surface area contributed by atoms with Crippen LogP contribution in [0.4, 0.5) is 0 Å². The molecule has 0 saturated carbocycles. The van der Waals surface area contributed by atoms with E-state index in [1.165, 1.54) is 0 Å². The minimum absolute atomic E-state index is 0.380. The summed E-state index contributed by atoms with van der Waals surface area (Å²) in [5.74, 6) is 0.569. The molecule has 0 fully saturated rings. The molecule has 3 aromatic rings. The van der Waals surface area contributed by atoms with E-state index in [1.807, 2.05) is 60.7 Å². The normalized spacial score (nSPS) is 10.2. The van der Waals surface area contributed by atoms with Crippen molar-refractivity contribution in [1.82, 2.24) is 0 Å². The molecule has 0 aromatic heterocycles. The molecule has 1 amide bonds. The van der Waals surface area contributed by atoms with Crippen molar-refractivity contribution in [3.8, 4) is 11.5 Å². The number of carbonyl (C=O) groups excluding carboxylic acids is 1. The van der Waals surface area contributed by atoms with E-state index < -0.39 is 5.91 Å². The van der Waals surface area contributed by atoms with Crippen molar-refractivity contribution in [2.24, 2.45) is 5.73 Å². The van der Waals surface area contributed by atoms with E-state index in [2.05, 4.69) is 0 Å². The first kappa shape index (κ1) is 16.6. The van der Waals surface area contributed by atoms with Gasteiger partial charge in [0.25, 0.3) is 0 Å². The van der Waals surface area contributed by atoms with E-state index in [0.29, 0.717) is 30.3 Å². The molecule has 0 aliphatic rings. The fourth-order valence-corrected chi connectivity index (χ4v) is 2.36. The smallest absolute Gasteiger partial charge is 0.248 e. The molecule has 0 heterocycles. The summed E-state index contributed by atoms with van der Waals surface area (Å²) in [6.45, 7) is 0.795. The number of rotatable bonds is 7. The van der Waals surface area contributed by atoms with Crippen LogP contribution in [0, 0.1) is 0 Å². The highest BCUT2D eigenvalue weighted by molar-refractivity contribution is 5.93. The summed E-state index contributed by atoms with van der Waals surface area (Å²) < 4.78 is 11.7. The zero-order valence-corrected chi connectivity index (χ0v) is 13.7. The Kier molecular flexibility index (Phi) is 5.32. The van der Waals surface area contributed by atoms with Gasteiger partial charge >= 0.3 is 0 Å². The number of amides is 1. The molecule has 4 heteroatoms. The van der Waals surface area contributed by atoms with E-state index in [-0.39, 0.29) is 0 Å². The number of carbonyl (C=O) groups is 1. The van der Waals surface area contributed by atoms with Crippen molar-refractivity contribution < 1.29 is 14.3 Å². The van der Waals surface area contributed by atoms with E-state index in [1.54, 1.807) is 18.2 Å². The minimum atomic E-state index is -0.501. The molecular weight excluding hydrogens is 314 g/mol. The summed E-state index contributed by atoms with van der Waals surface area (Å²) in [4.78, 5) is 11.4. The molecule has 0 aliphatic heterocycles. The Hall–Kier alpha value is -3.27. The molecule has 0 radical (unpaired) electrons. The maximum atomic E-state index is 11.4. The Labute approximate surface area is 146 Å². The Bertz CT molecular complexity index is 832. The van der Waals surface area contributed by atoms with Crippen LogP contribution < -0.4 is 15.2 Å². The van der Waals surface area contributed by atoms with Crippen LogP contribution in [0.25, 0.3) is 0 Å². The van der Waals surface area contributed by atoms with Crippen LogP contribution in [0.1, 0.15) is 21.5 Å². The summed E-state index contributed by atoms with van der Waals surface area (Å²) in [5.41, 5.74) is 7.83. The summed E-state index contributed by atoms with van der Waals surface area (Å²) in [6.07, 6.45) is 0. The maximum absolute atomic E-state index is 11.4. The first-order chi connectivity index (χ1) is 12.2. The number of hydrogen-bond acceptors (Lipinski definition) is 3. The largest absolute Gasteiger partial charge is 0.485 e. The summed E-state index contributed by atoms with van der Waals surface area (Å²) in [7, 11) is 0. The lowest BCUT2D eigenvalue weighted by Crippen LogP contribution is -2.11. The molecule has 0 atom stereocenters. The second kappa shape index (κ2) is 8.02. The molecule has 0 unspecified atom stereocenters. The summed E-state index contributed by atoms with van der Waals surface area (Å²) in [6, 6.07) is 24.6. The van der Waals surface area contributed by atoms with Crippen molar-refractivity contribution in [1.29, 1.82) is 0 Å². The average Bonchev–Trinajstić information content (AvgIpc) is 2.66. The first-order valence-corrected chi connectivity index (χ1v) is 7.99. The van der Waals surface area contributed by atoms with Gasteiger partial charge in [-0.25, -0.2) is 0 Å². The molecule has 0 bridgehead atoms. The van der Waals surface area contributed by atoms with E-state index >= 15 is 0 Å². The zero-order valence-electron chi connectivity index (χ0n) is 13.7. The van der Waals surface area contributed by atoms with Crippen LogP contribution >= 0.6 is 0 Å². The third kappa shape index (κ3) is 4.61. The highest BCUT2D eigenvalue weighted by atomic mass is 16.5. The Balaban J connectivity index is 1.77. The Morgan fingerprint density at radius 2 is 1.24 bits per heavy atom. The third-order valence-corrected chi connectivity index (χ3v) is 3.70. The number of hydrogen-bond donors (Lipinski definition) is 1. The molecule has 25 heavy (non-hydrogen) atoms. The van der Waals surface area contributed by atoms with E-state index in [0.717, 1.165) is 11.1 Å². The van der Waals surface area contributed by atoms with Gasteiger partial charge in [0.1, 0.15) is 13.2 Å². The number of benzene rings is 3. The van der Waals surface area contributed by atoms with Gasteiger partial charge in [0.15, 0.2) is 11.5 Å². The van der Waals surface area contributed by atoms with Crippen molar-refractivity contribution >= 4 is 5.91 Å². The lowest BCUT2D eigenvalue weighted by molar-refractivity contribution is 0.0999. The van der Waals surface area contributed by atoms with Crippen LogP contribution in [-0.4, -0.2) is 5.91 Å². The second-order valence-corrected chi connectivity index (χ2v) is 5.57. The molecule has 126 valence electrons. The van der Waals surface area contributed by atoms with Gasteiger partial charge < -0.3 is 15.2 Å². The average molecular weight is 333 g/mol. The van der Waals surface area contributed by atoms with Gasteiger partial charge in [-0.15, -0.1) is 0 Å². The van der Waals surface area contributed by atoms with Crippen molar-refractivity contribution in [2.45, 2.75) is 13.2 Å². The van der Waals surface area contributed by atoms with Crippen LogP contribution in [0.2, 0.25) is 0 Å². The minimum Gasteiger partial charge on any atom is -0.485 e. The number of nitrogens with two attached hydrogens (primary N) is 1. The van der Waals surface area contributed by atoms with Crippen molar-refractivity contribution in [2.75, 3.05) is 0 Å². The summed E-state index contributed by atoms with van der Waals surface area (Å²) in [5, 5.41) is 0. The van der Waals surface area contributed by atoms with Crippen LogP contribution in [0.5, 0.6) is 11.5 Å². The first-order valence-electron chi connectivity index (χ1n) is 7.99. The molecule has 0 aliphatic carbocycles. The molecule has 2 N–H and O–H groups in total. The van der Waals surface area contributed by atoms with Gasteiger partial charge in [0.05, 0.1) is 0 Å². The maximum Gasteiger partial charge on any atom is 0.248 e. The quantitative estimate of drug-likeness (QED) is 0.712. The SMILES string of the molecule is NC(=O)c1ccc(OCc2ccccc2)c(OCc2ccccc2)c1. The van der Waals surface area contributed by atoms with Gasteiger partial charge in [0.2, 0.25) is 5.91 Å². The Morgan fingerprint density at radius 1 is 0.720 bits per heavy atom. The number of ether oxygens (including phenoxy) is 2. The predicted octanol–water partition coefficient (Wildman–Crippen LogP) is 3.94. The highest BCUT2D eigenvalue weighted by Crippen LogP contribution is 2.30. The standard InChI is InChI=1S/C21H19NO3/c22-21(23)18-11-12-19(24-14-16-7-3-1-4-8-16)20(13-18)25-15-17-9-5-2-6-10-17/h1-13H,14-15H2,(H2,22,23). The highest BCUT2D eigenvalue weighted by Gasteiger charge is 2.10. The molecule has 3 rings (SSSR count). The van der Waals surface area contributed by atoms with Gasteiger partial charge in [-0.3, -0.25) is 4.79 Å². The lowest BCUT2D eigenvalue weighted by atomic mass is 10.2. The molecule has 4 nitrogen and oxygen atoms in total. The molecule has 3 aromatic carbocycles. The van der Waals surface area contributed by atoms with Gasteiger partial charge in [-0.05, 0) is 29.3 Å². The Morgan fingerprint density at radius 3 is 1.76 bits per heavy atom. The fraction of sp³-hybridized carbons (Fsp3) is 0.0952. The lowest BCUT2D eigenvalue weighted by Gasteiger charge is -2.14. The molecule has 0 saturated heterocycles. The zero-order chi connectivity index (χ0) is 17.5. The van der Waals surface area contributed by atoms with Crippen LogP contribution in [0.3, 0.4) is 0 Å². The molecule has 0 spiro atoms. The van der Waals surface area contributed by atoms with Crippen LogP contribution in [0.15, 0.2) is 78.9 Å². The van der Waals surface area contributed by atoms with Gasteiger partial charge in [-0.1, -0.05) is 60.7 Å². The second-order valence-electron chi connectivity index (χ2n) is 5.57.